The fourth-order valence-electron chi connectivity index (χ4n) is 4.44. The summed E-state index contributed by atoms with van der Waals surface area (Å²) in [5.74, 6) is 1.01. The van der Waals surface area contributed by atoms with Gasteiger partial charge < -0.3 is 14.3 Å². The molecule has 0 saturated carbocycles. The van der Waals surface area contributed by atoms with Crippen molar-refractivity contribution in [2.45, 2.75) is 38.9 Å². The second-order valence-electron chi connectivity index (χ2n) is 8.99. The van der Waals surface area contributed by atoms with Gasteiger partial charge in [0, 0.05) is 51.2 Å². The lowest BCUT2D eigenvalue weighted by Crippen LogP contribution is -2.22. The zero-order chi connectivity index (χ0) is 24.9. The molecule has 0 bridgehead atoms. The molecule has 0 aliphatic carbocycles. The van der Waals surface area contributed by atoms with E-state index in [9.17, 15) is 18.0 Å². The van der Waals surface area contributed by atoms with Crippen LogP contribution in [0, 0.1) is 5.92 Å². The number of alkyl halides is 3. The van der Waals surface area contributed by atoms with E-state index < -0.39 is 11.7 Å². The summed E-state index contributed by atoms with van der Waals surface area (Å²) >= 11 is 0.963. The van der Waals surface area contributed by atoms with Gasteiger partial charge in [0.1, 0.15) is 22.6 Å². The van der Waals surface area contributed by atoms with Gasteiger partial charge in [-0.2, -0.15) is 18.3 Å². The third-order valence-corrected chi connectivity index (χ3v) is 7.33. The van der Waals surface area contributed by atoms with Crippen LogP contribution < -0.4 is 4.90 Å². The molecule has 0 amide bonds. The molecule has 5 rings (SSSR count). The average Bonchev–Trinajstić information content (AvgIpc) is 3.57. The molecule has 1 fully saturated rings. The van der Waals surface area contributed by atoms with E-state index in [1.165, 1.54) is 0 Å². The van der Waals surface area contributed by atoms with E-state index in [1.807, 2.05) is 18.7 Å². The van der Waals surface area contributed by atoms with Crippen molar-refractivity contribution in [3.05, 3.63) is 30.2 Å². The molecule has 8 nitrogen and oxygen atoms in total. The van der Waals surface area contributed by atoms with Crippen LogP contribution in [-0.4, -0.2) is 48.7 Å². The monoisotopic (exact) mass is 503 g/mol. The Kier molecular flexibility index (Phi) is 5.86. The Morgan fingerprint density at radius 3 is 2.69 bits per heavy atom. The van der Waals surface area contributed by atoms with Gasteiger partial charge >= 0.3 is 6.18 Å². The topological polar surface area (TPSA) is 81.7 Å². The maximum absolute atomic E-state index is 14.6. The molecule has 1 saturated heterocycles. The number of carbonyl (C=O) groups excluding carboxylic acids is 1. The molecular weight excluding hydrogens is 479 g/mol. The molecule has 0 spiro atoms. The zero-order valence-corrected chi connectivity index (χ0v) is 20.3. The number of anilines is 1. The number of rotatable bonds is 6. The Labute approximate surface area is 203 Å². The van der Waals surface area contributed by atoms with Gasteiger partial charge in [-0.05, 0) is 32.3 Å². The highest BCUT2D eigenvalue weighted by atomic mass is 32.1. The fourth-order valence-corrected chi connectivity index (χ4v) is 5.60. The molecule has 4 aromatic rings. The van der Waals surface area contributed by atoms with E-state index in [0.29, 0.717) is 31.8 Å². The van der Waals surface area contributed by atoms with Crippen molar-refractivity contribution >= 4 is 33.7 Å². The van der Waals surface area contributed by atoms with Crippen LogP contribution in [-0.2, 0) is 18.0 Å². The third kappa shape index (κ3) is 4.19. The van der Waals surface area contributed by atoms with Crippen LogP contribution in [0.1, 0.15) is 38.3 Å². The normalized spacial score (nSPS) is 16.7. The number of aromatic nitrogens is 6. The van der Waals surface area contributed by atoms with Crippen molar-refractivity contribution < 1.29 is 18.0 Å². The summed E-state index contributed by atoms with van der Waals surface area (Å²) in [6, 6.07) is 1.61. The minimum atomic E-state index is -4.64. The van der Waals surface area contributed by atoms with Crippen molar-refractivity contribution in [1.82, 2.24) is 29.3 Å². The highest BCUT2D eigenvalue weighted by molar-refractivity contribution is 7.22. The summed E-state index contributed by atoms with van der Waals surface area (Å²) in [6.45, 7) is 4.79. The minimum Gasteiger partial charge on any atom is -0.356 e. The van der Waals surface area contributed by atoms with Crippen molar-refractivity contribution in [3.8, 4) is 22.2 Å². The largest absolute Gasteiger partial charge is 0.418 e. The van der Waals surface area contributed by atoms with Crippen molar-refractivity contribution in [2.24, 2.45) is 13.0 Å². The Balaban J connectivity index is 1.77. The molecule has 1 atom stereocenters. The zero-order valence-electron chi connectivity index (χ0n) is 19.5. The van der Waals surface area contributed by atoms with E-state index in [4.69, 9.17) is 0 Å². The number of imidazole rings is 1. The lowest BCUT2D eigenvalue weighted by molar-refractivity contribution is -0.135. The maximum Gasteiger partial charge on any atom is 0.418 e. The third-order valence-electron chi connectivity index (χ3n) is 6.22. The number of aryl methyl sites for hydroxylation is 1. The summed E-state index contributed by atoms with van der Waals surface area (Å²) < 4.78 is 47.2. The fraction of sp³-hybridized carbons (Fsp3) is 0.435. The summed E-state index contributed by atoms with van der Waals surface area (Å²) in [7, 11) is 1.78. The molecular formula is C23H24F3N7OS. The minimum absolute atomic E-state index is 0.0113. The van der Waals surface area contributed by atoms with Crippen LogP contribution in [0.25, 0.3) is 32.4 Å². The smallest absolute Gasteiger partial charge is 0.356 e. The number of carbonyl (C=O) groups is 1. The molecule has 5 heterocycles. The Morgan fingerprint density at radius 2 is 2.06 bits per heavy atom. The number of hydrogen-bond donors (Lipinski definition) is 0. The molecule has 4 aromatic heterocycles. The SMILES string of the molecule is CC(C)n1ccc(-c2sc3nc(-c4nccn4C)nc(N4CCC(CC=O)C4)c3c2C(F)(F)F)n1. The molecule has 1 aliphatic heterocycles. The predicted octanol–water partition coefficient (Wildman–Crippen LogP) is 4.97. The number of thiophene rings is 1. The van der Waals surface area contributed by atoms with Gasteiger partial charge in [0.25, 0.3) is 0 Å². The summed E-state index contributed by atoms with van der Waals surface area (Å²) in [6.07, 6.45) is 2.30. The van der Waals surface area contributed by atoms with E-state index in [0.717, 1.165) is 17.6 Å². The molecule has 0 radical (unpaired) electrons. The second-order valence-corrected chi connectivity index (χ2v) is 9.99. The van der Waals surface area contributed by atoms with E-state index in [-0.39, 0.29) is 44.4 Å². The highest BCUT2D eigenvalue weighted by Gasteiger charge is 2.41. The molecule has 1 aliphatic rings. The summed E-state index contributed by atoms with van der Waals surface area (Å²) in [5.41, 5.74) is -0.523. The van der Waals surface area contributed by atoms with Crippen molar-refractivity contribution in [1.29, 1.82) is 0 Å². The van der Waals surface area contributed by atoms with Gasteiger partial charge in [-0.25, -0.2) is 15.0 Å². The maximum atomic E-state index is 14.6. The molecule has 0 N–H and O–H groups in total. The van der Waals surface area contributed by atoms with Crippen LogP contribution >= 0.6 is 11.3 Å². The lowest BCUT2D eigenvalue weighted by Gasteiger charge is -2.20. The number of halogens is 3. The Bertz CT molecular complexity index is 1390. The van der Waals surface area contributed by atoms with Crippen LogP contribution in [0.4, 0.5) is 19.0 Å². The number of aldehydes is 1. The molecule has 184 valence electrons. The Hall–Kier alpha value is -3.28. The first-order valence-corrected chi connectivity index (χ1v) is 12.1. The van der Waals surface area contributed by atoms with Gasteiger partial charge in [-0.3, -0.25) is 4.68 Å². The van der Waals surface area contributed by atoms with E-state index in [1.54, 1.807) is 41.0 Å². The summed E-state index contributed by atoms with van der Waals surface area (Å²) in [4.78, 5) is 26.6. The van der Waals surface area contributed by atoms with Crippen LogP contribution in [0.2, 0.25) is 0 Å². The van der Waals surface area contributed by atoms with E-state index in [2.05, 4.69) is 20.1 Å². The standard InChI is InChI=1S/C23H24F3N7OS/c1-13(2)33-9-5-15(30-33)18-17(23(24,25)26)16-20(32-8-4-14(12-32)6-11-34)28-19(29-22(16)35-18)21-27-7-10-31(21)3/h5,7,9-11,13-14H,4,6,8,12H2,1-3H3. The lowest BCUT2D eigenvalue weighted by atomic mass is 10.1. The van der Waals surface area contributed by atoms with Gasteiger partial charge in [-0.1, -0.05) is 0 Å². The average molecular weight is 504 g/mol. The van der Waals surface area contributed by atoms with Gasteiger partial charge in [0.15, 0.2) is 11.6 Å². The highest BCUT2D eigenvalue weighted by Crippen LogP contribution is 2.49. The van der Waals surface area contributed by atoms with Crippen LogP contribution in [0.3, 0.4) is 0 Å². The number of hydrogen-bond acceptors (Lipinski definition) is 7. The van der Waals surface area contributed by atoms with E-state index >= 15 is 0 Å². The van der Waals surface area contributed by atoms with Gasteiger partial charge in [-0.15, -0.1) is 11.3 Å². The molecule has 12 heteroatoms. The summed E-state index contributed by atoms with van der Waals surface area (Å²) in [5, 5.41) is 4.38. The van der Waals surface area contributed by atoms with Crippen molar-refractivity contribution in [2.75, 3.05) is 18.0 Å². The number of nitrogens with zero attached hydrogens (tertiary/aromatic N) is 7. The first-order valence-electron chi connectivity index (χ1n) is 11.3. The van der Waals surface area contributed by atoms with Crippen LogP contribution in [0.5, 0.6) is 0 Å². The van der Waals surface area contributed by atoms with Gasteiger partial charge in [0.2, 0.25) is 0 Å². The molecule has 1 unspecified atom stereocenters. The van der Waals surface area contributed by atoms with Gasteiger partial charge in [0.05, 0.1) is 15.8 Å². The first-order chi connectivity index (χ1) is 16.7. The Morgan fingerprint density at radius 1 is 1.26 bits per heavy atom. The number of fused-ring (bicyclic) bond motifs is 1. The predicted molar refractivity (Wildman–Crippen MR) is 127 cm³/mol. The van der Waals surface area contributed by atoms with Crippen molar-refractivity contribution in [3.63, 3.8) is 0 Å². The van der Waals surface area contributed by atoms with Crippen LogP contribution in [0.15, 0.2) is 24.7 Å². The molecule has 35 heavy (non-hydrogen) atoms. The second kappa shape index (κ2) is 8.74. The first kappa shape index (κ1) is 23.5. The quantitative estimate of drug-likeness (QED) is 0.346. The molecule has 0 aromatic carbocycles.